The van der Waals surface area contributed by atoms with E-state index in [9.17, 15) is 4.79 Å². The number of carbonyl (C=O) groups excluding carboxylic acids is 1. The van der Waals surface area contributed by atoms with Gasteiger partial charge in [-0.05, 0) is 49.4 Å². The molecule has 27 heavy (non-hydrogen) atoms. The molecule has 0 saturated carbocycles. The molecule has 0 aliphatic carbocycles. The summed E-state index contributed by atoms with van der Waals surface area (Å²) in [7, 11) is 1.60. The zero-order valence-corrected chi connectivity index (χ0v) is 15.6. The smallest absolute Gasteiger partial charge is 0.261 e. The van der Waals surface area contributed by atoms with E-state index in [1.165, 1.54) is 0 Å². The Morgan fingerprint density at radius 1 is 1.22 bits per heavy atom. The molecule has 1 atom stereocenters. The molecule has 0 bridgehead atoms. The number of ether oxygens (including phenoxy) is 2. The normalized spacial score (nSPS) is 11.7. The largest absolute Gasteiger partial charge is 0.497 e. The van der Waals surface area contributed by atoms with Crippen LogP contribution in [-0.4, -0.2) is 29.3 Å². The van der Waals surface area contributed by atoms with E-state index < -0.39 is 6.10 Å². The van der Waals surface area contributed by atoms with Gasteiger partial charge < -0.3 is 19.3 Å². The lowest BCUT2D eigenvalue weighted by Gasteiger charge is -2.14. The maximum atomic E-state index is 12.2. The Balaban J connectivity index is 1.55. The number of halogens is 1. The fourth-order valence-electron chi connectivity index (χ4n) is 2.28. The molecular formula is C19H18ClN3O4. The van der Waals surface area contributed by atoms with Crippen LogP contribution in [0.3, 0.4) is 0 Å². The van der Waals surface area contributed by atoms with E-state index in [-0.39, 0.29) is 12.5 Å². The van der Waals surface area contributed by atoms with Crippen LogP contribution in [-0.2, 0) is 11.3 Å². The van der Waals surface area contributed by atoms with Crippen molar-refractivity contribution in [1.29, 1.82) is 0 Å². The van der Waals surface area contributed by atoms with Crippen LogP contribution in [0.25, 0.3) is 11.5 Å². The Kier molecular flexibility index (Phi) is 5.93. The van der Waals surface area contributed by atoms with E-state index in [0.29, 0.717) is 22.5 Å². The molecule has 0 aliphatic heterocycles. The third-order valence-corrected chi connectivity index (χ3v) is 3.94. The number of benzene rings is 2. The van der Waals surface area contributed by atoms with E-state index in [4.69, 9.17) is 25.6 Å². The van der Waals surface area contributed by atoms with Gasteiger partial charge in [0.2, 0.25) is 0 Å². The monoisotopic (exact) mass is 387 g/mol. The number of nitrogens with one attached hydrogen (secondary N) is 1. The minimum Gasteiger partial charge on any atom is -0.497 e. The van der Waals surface area contributed by atoms with Crippen LogP contribution in [0.5, 0.6) is 11.5 Å². The minimum atomic E-state index is -0.698. The van der Waals surface area contributed by atoms with Gasteiger partial charge in [0, 0.05) is 10.6 Å². The molecule has 2 aromatic carbocycles. The second-order valence-electron chi connectivity index (χ2n) is 5.68. The first-order chi connectivity index (χ1) is 13.0. The molecule has 0 unspecified atom stereocenters. The Labute approximate surface area is 161 Å². The predicted molar refractivity (Wildman–Crippen MR) is 99.7 cm³/mol. The Bertz CT molecular complexity index is 911. The van der Waals surface area contributed by atoms with Crippen molar-refractivity contribution >= 4 is 17.5 Å². The van der Waals surface area contributed by atoms with E-state index in [1.54, 1.807) is 50.4 Å². The molecule has 1 N–H and O–H groups in total. The summed E-state index contributed by atoms with van der Waals surface area (Å²) < 4.78 is 15.9. The highest BCUT2D eigenvalue weighted by molar-refractivity contribution is 6.30. The first kappa shape index (κ1) is 18.7. The van der Waals surface area contributed by atoms with Gasteiger partial charge in [-0.1, -0.05) is 22.8 Å². The summed E-state index contributed by atoms with van der Waals surface area (Å²) in [6, 6.07) is 14.1. The van der Waals surface area contributed by atoms with Crippen LogP contribution in [0, 0.1) is 0 Å². The van der Waals surface area contributed by atoms with Crippen molar-refractivity contribution in [2.45, 2.75) is 19.6 Å². The number of hydrogen-bond acceptors (Lipinski definition) is 6. The Morgan fingerprint density at radius 2 is 2.00 bits per heavy atom. The van der Waals surface area contributed by atoms with Gasteiger partial charge in [-0.2, -0.15) is 4.98 Å². The molecule has 3 rings (SSSR count). The highest BCUT2D eigenvalue weighted by atomic mass is 35.5. The highest BCUT2D eigenvalue weighted by Crippen LogP contribution is 2.21. The van der Waals surface area contributed by atoms with Crippen LogP contribution < -0.4 is 14.8 Å². The second kappa shape index (κ2) is 8.55. The zero-order chi connectivity index (χ0) is 19.2. The van der Waals surface area contributed by atoms with Crippen LogP contribution in [0.2, 0.25) is 5.02 Å². The summed E-state index contributed by atoms with van der Waals surface area (Å²) >= 11 is 5.90. The number of nitrogens with zero attached hydrogens (tertiary/aromatic N) is 2. The highest BCUT2D eigenvalue weighted by Gasteiger charge is 2.16. The third kappa shape index (κ3) is 4.98. The number of rotatable bonds is 7. The van der Waals surface area contributed by atoms with Gasteiger partial charge in [-0.3, -0.25) is 4.79 Å². The van der Waals surface area contributed by atoms with Gasteiger partial charge in [0.15, 0.2) is 11.9 Å². The van der Waals surface area contributed by atoms with Crippen molar-refractivity contribution in [2.24, 2.45) is 0 Å². The second-order valence-corrected chi connectivity index (χ2v) is 6.12. The molecule has 0 radical (unpaired) electrons. The zero-order valence-electron chi connectivity index (χ0n) is 14.8. The third-order valence-electron chi connectivity index (χ3n) is 3.70. The van der Waals surface area contributed by atoms with Crippen LogP contribution in [0.4, 0.5) is 0 Å². The molecular weight excluding hydrogens is 370 g/mol. The molecule has 0 spiro atoms. The first-order valence-corrected chi connectivity index (χ1v) is 8.60. The molecule has 1 amide bonds. The quantitative estimate of drug-likeness (QED) is 0.667. The fourth-order valence-corrected chi connectivity index (χ4v) is 2.46. The molecule has 140 valence electrons. The summed E-state index contributed by atoms with van der Waals surface area (Å²) in [5.41, 5.74) is 0.763. The van der Waals surface area contributed by atoms with Gasteiger partial charge in [-0.15, -0.1) is 0 Å². The topological polar surface area (TPSA) is 86.5 Å². The summed E-state index contributed by atoms with van der Waals surface area (Å²) in [6.07, 6.45) is -0.698. The SMILES string of the molecule is COc1ccc(-c2nc(CNC(=O)[C@@H](C)Oc3cccc(Cl)c3)no2)cc1. The molecule has 8 heteroatoms. The van der Waals surface area contributed by atoms with Gasteiger partial charge in [0.25, 0.3) is 11.8 Å². The summed E-state index contributed by atoms with van der Waals surface area (Å²) in [6.45, 7) is 1.77. The van der Waals surface area contributed by atoms with E-state index in [2.05, 4.69) is 15.5 Å². The van der Waals surface area contributed by atoms with Crippen molar-refractivity contribution in [3.63, 3.8) is 0 Å². The van der Waals surface area contributed by atoms with E-state index in [0.717, 1.165) is 11.3 Å². The summed E-state index contributed by atoms with van der Waals surface area (Å²) in [5.74, 6) is 1.69. The van der Waals surface area contributed by atoms with Gasteiger partial charge >= 0.3 is 0 Å². The molecule has 1 heterocycles. The Hall–Kier alpha value is -3.06. The molecule has 0 fully saturated rings. The lowest BCUT2D eigenvalue weighted by atomic mass is 10.2. The maximum absolute atomic E-state index is 12.2. The minimum absolute atomic E-state index is 0.127. The molecule has 1 aromatic heterocycles. The van der Waals surface area contributed by atoms with Crippen molar-refractivity contribution in [3.8, 4) is 23.0 Å². The average molecular weight is 388 g/mol. The van der Waals surface area contributed by atoms with Gasteiger partial charge in [-0.25, -0.2) is 0 Å². The van der Waals surface area contributed by atoms with Crippen LogP contribution in [0.15, 0.2) is 53.1 Å². The Morgan fingerprint density at radius 3 is 2.70 bits per heavy atom. The standard InChI is InChI=1S/C19H18ClN3O4/c1-12(26-16-5-3-4-14(20)10-16)18(24)21-11-17-22-19(27-23-17)13-6-8-15(25-2)9-7-13/h3-10,12H,11H2,1-2H3,(H,21,24)/t12-/m1/s1. The maximum Gasteiger partial charge on any atom is 0.261 e. The summed E-state index contributed by atoms with van der Waals surface area (Å²) in [5, 5.41) is 7.13. The van der Waals surface area contributed by atoms with Crippen LogP contribution >= 0.6 is 11.6 Å². The van der Waals surface area contributed by atoms with Gasteiger partial charge in [0.05, 0.1) is 13.7 Å². The molecule has 3 aromatic rings. The molecule has 7 nitrogen and oxygen atoms in total. The van der Waals surface area contributed by atoms with Crippen molar-refractivity contribution in [3.05, 3.63) is 59.4 Å². The number of carbonyl (C=O) groups is 1. The number of hydrogen-bond donors (Lipinski definition) is 1. The van der Waals surface area contributed by atoms with E-state index >= 15 is 0 Å². The van der Waals surface area contributed by atoms with E-state index in [1.807, 2.05) is 12.1 Å². The van der Waals surface area contributed by atoms with Gasteiger partial charge in [0.1, 0.15) is 11.5 Å². The van der Waals surface area contributed by atoms with Crippen molar-refractivity contribution < 1.29 is 18.8 Å². The average Bonchev–Trinajstić information content (AvgIpc) is 3.15. The van der Waals surface area contributed by atoms with Crippen molar-refractivity contribution in [2.75, 3.05) is 7.11 Å². The van der Waals surface area contributed by atoms with Crippen LogP contribution in [0.1, 0.15) is 12.7 Å². The number of aromatic nitrogens is 2. The number of amides is 1. The first-order valence-electron chi connectivity index (χ1n) is 8.22. The summed E-state index contributed by atoms with van der Waals surface area (Å²) in [4.78, 5) is 16.5. The number of methoxy groups -OCH3 is 1. The lowest BCUT2D eigenvalue weighted by Crippen LogP contribution is -2.36. The lowest BCUT2D eigenvalue weighted by molar-refractivity contribution is -0.127. The molecule has 0 aliphatic rings. The van der Waals surface area contributed by atoms with Crippen molar-refractivity contribution in [1.82, 2.24) is 15.5 Å². The predicted octanol–water partition coefficient (Wildman–Crippen LogP) is 3.48. The molecule has 0 saturated heterocycles. The fraction of sp³-hybridized carbons (Fsp3) is 0.211.